The van der Waals surface area contributed by atoms with Gasteiger partial charge in [0.15, 0.2) is 11.0 Å². The summed E-state index contributed by atoms with van der Waals surface area (Å²) in [6.07, 6.45) is 0. The number of halogens is 2. The van der Waals surface area contributed by atoms with Crippen LogP contribution >= 0.6 is 46.3 Å². The Balaban J connectivity index is 1.78. The number of thiophene rings is 1. The average Bonchev–Trinajstić information content (AvgIpc) is 3.37. The van der Waals surface area contributed by atoms with Crippen molar-refractivity contribution in [2.75, 3.05) is 7.11 Å². The lowest BCUT2D eigenvalue weighted by Crippen LogP contribution is -2.02. The van der Waals surface area contributed by atoms with E-state index in [0.29, 0.717) is 15.8 Å². The molecule has 0 aliphatic heterocycles. The molecular formula is C21H17Cl2N3OS2. The molecule has 0 N–H and O–H groups in total. The molecule has 4 aromatic rings. The van der Waals surface area contributed by atoms with Gasteiger partial charge in [0.1, 0.15) is 5.75 Å². The fraction of sp³-hybridized carbons (Fsp3) is 0.143. The van der Waals surface area contributed by atoms with Gasteiger partial charge in [-0.25, -0.2) is 0 Å². The fourth-order valence-corrected chi connectivity index (χ4v) is 5.10. The highest BCUT2D eigenvalue weighted by atomic mass is 35.5. The molecule has 0 fully saturated rings. The number of methoxy groups -OCH3 is 1. The van der Waals surface area contributed by atoms with E-state index >= 15 is 0 Å². The minimum absolute atomic E-state index is 0.622. The summed E-state index contributed by atoms with van der Waals surface area (Å²) in [4.78, 5) is 1.04. The van der Waals surface area contributed by atoms with Crippen molar-refractivity contribution < 1.29 is 4.74 Å². The fourth-order valence-electron chi connectivity index (χ4n) is 2.90. The molecule has 0 atom stereocenters. The van der Waals surface area contributed by atoms with E-state index in [1.165, 1.54) is 0 Å². The topological polar surface area (TPSA) is 39.9 Å². The molecule has 0 saturated heterocycles. The van der Waals surface area contributed by atoms with Crippen molar-refractivity contribution in [1.29, 1.82) is 0 Å². The molecule has 2 aromatic heterocycles. The smallest absolute Gasteiger partial charge is 0.196 e. The molecule has 2 heterocycles. The van der Waals surface area contributed by atoms with Gasteiger partial charge in [0.05, 0.1) is 17.7 Å². The van der Waals surface area contributed by atoms with Gasteiger partial charge in [-0.2, -0.15) is 0 Å². The summed E-state index contributed by atoms with van der Waals surface area (Å²) in [5.74, 6) is 2.19. The maximum Gasteiger partial charge on any atom is 0.196 e. The molecule has 29 heavy (non-hydrogen) atoms. The Labute approximate surface area is 187 Å². The van der Waals surface area contributed by atoms with Crippen LogP contribution in [0.15, 0.2) is 59.1 Å². The molecule has 0 radical (unpaired) electrons. The van der Waals surface area contributed by atoms with E-state index in [0.717, 1.165) is 38.4 Å². The van der Waals surface area contributed by atoms with E-state index in [-0.39, 0.29) is 0 Å². The Kier molecular flexibility index (Phi) is 6.15. The SMILES string of the molecule is COc1ccc(C)cc1-n1c(SCc2ccc(Cl)cc2Cl)nnc1-c1cccs1. The Morgan fingerprint density at radius 1 is 1.10 bits per heavy atom. The van der Waals surface area contributed by atoms with E-state index in [9.17, 15) is 0 Å². The zero-order valence-corrected chi connectivity index (χ0v) is 18.9. The molecule has 4 nitrogen and oxygen atoms in total. The van der Waals surface area contributed by atoms with Gasteiger partial charge in [-0.15, -0.1) is 21.5 Å². The molecule has 0 amide bonds. The van der Waals surface area contributed by atoms with E-state index < -0.39 is 0 Å². The monoisotopic (exact) mass is 461 g/mol. The largest absolute Gasteiger partial charge is 0.495 e. The molecule has 148 valence electrons. The van der Waals surface area contributed by atoms with Crippen LogP contribution in [0.25, 0.3) is 16.4 Å². The van der Waals surface area contributed by atoms with Crippen molar-refractivity contribution in [3.8, 4) is 22.1 Å². The summed E-state index contributed by atoms with van der Waals surface area (Å²) in [5.41, 5.74) is 3.03. The van der Waals surface area contributed by atoms with Gasteiger partial charge in [0.25, 0.3) is 0 Å². The first-order chi connectivity index (χ1) is 14.1. The lowest BCUT2D eigenvalue weighted by Gasteiger charge is -2.14. The highest BCUT2D eigenvalue weighted by Gasteiger charge is 2.20. The number of ether oxygens (including phenoxy) is 1. The van der Waals surface area contributed by atoms with Crippen LogP contribution in [0.5, 0.6) is 5.75 Å². The molecule has 0 saturated carbocycles. The van der Waals surface area contributed by atoms with Gasteiger partial charge in [-0.05, 0) is 53.8 Å². The predicted molar refractivity (Wildman–Crippen MR) is 122 cm³/mol. The third kappa shape index (κ3) is 4.31. The normalized spacial score (nSPS) is 11.0. The summed E-state index contributed by atoms with van der Waals surface area (Å²) in [6, 6.07) is 15.7. The molecule has 0 unspecified atom stereocenters. The second kappa shape index (κ2) is 8.79. The second-order valence-electron chi connectivity index (χ2n) is 6.32. The van der Waals surface area contributed by atoms with Gasteiger partial charge in [0, 0.05) is 15.8 Å². The molecule has 0 aliphatic rings. The Hall–Kier alpha value is -1.99. The van der Waals surface area contributed by atoms with Gasteiger partial charge in [-0.1, -0.05) is 53.2 Å². The molecule has 2 aromatic carbocycles. The van der Waals surface area contributed by atoms with Crippen LogP contribution in [-0.4, -0.2) is 21.9 Å². The lowest BCUT2D eigenvalue weighted by atomic mass is 10.2. The minimum atomic E-state index is 0.622. The highest BCUT2D eigenvalue weighted by molar-refractivity contribution is 7.98. The first kappa shape index (κ1) is 20.3. The molecule has 0 bridgehead atoms. The summed E-state index contributed by atoms with van der Waals surface area (Å²) < 4.78 is 7.68. The van der Waals surface area contributed by atoms with E-state index in [4.69, 9.17) is 27.9 Å². The van der Waals surface area contributed by atoms with Gasteiger partial charge >= 0.3 is 0 Å². The zero-order chi connectivity index (χ0) is 20.4. The Morgan fingerprint density at radius 3 is 2.69 bits per heavy atom. The van der Waals surface area contributed by atoms with Crippen molar-refractivity contribution in [1.82, 2.24) is 14.8 Å². The van der Waals surface area contributed by atoms with E-state index in [2.05, 4.69) is 23.2 Å². The zero-order valence-electron chi connectivity index (χ0n) is 15.7. The number of aromatic nitrogens is 3. The number of thioether (sulfide) groups is 1. The lowest BCUT2D eigenvalue weighted by molar-refractivity contribution is 0.412. The van der Waals surface area contributed by atoms with E-state index in [1.54, 1.807) is 36.3 Å². The van der Waals surface area contributed by atoms with Crippen molar-refractivity contribution in [3.63, 3.8) is 0 Å². The van der Waals surface area contributed by atoms with Crippen molar-refractivity contribution in [2.24, 2.45) is 0 Å². The first-order valence-electron chi connectivity index (χ1n) is 8.78. The number of aryl methyl sites for hydroxylation is 1. The second-order valence-corrected chi connectivity index (χ2v) is 9.05. The number of nitrogens with zero attached hydrogens (tertiary/aromatic N) is 3. The third-order valence-corrected chi connectivity index (χ3v) is 6.75. The van der Waals surface area contributed by atoms with Gasteiger partial charge in [-0.3, -0.25) is 4.57 Å². The number of hydrogen-bond acceptors (Lipinski definition) is 5. The standard InChI is InChI=1S/C21H17Cl2N3OS2/c1-13-5-8-18(27-2)17(10-13)26-20(19-4-3-9-28-19)24-25-21(26)29-12-14-6-7-15(22)11-16(14)23/h3-11H,12H2,1-2H3. The summed E-state index contributed by atoms with van der Waals surface area (Å²) in [5, 5.41) is 13.0. The highest BCUT2D eigenvalue weighted by Crippen LogP contribution is 2.36. The van der Waals surface area contributed by atoms with Crippen LogP contribution in [0, 0.1) is 6.92 Å². The molecular weight excluding hydrogens is 445 g/mol. The summed E-state index contributed by atoms with van der Waals surface area (Å²) in [7, 11) is 1.67. The minimum Gasteiger partial charge on any atom is -0.495 e. The van der Waals surface area contributed by atoms with Crippen molar-refractivity contribution >= 4 is 46.3 Å². The van der Waals surface area contributed by atoms with Gasteiger partial charge in [0.2, 0.25) is 0 Å². The summed E-state index contributed by atoms with van der Waals surface area (Å²) >= 11 is 15.6. The van der Waals surface area contributed by atoms with Crippen LogP contribution < -0.4 is 4.74 Å². The number of rotatable bonds is 6. The Morgan fingerprint density at radius 2 is 1.97 bits per heavy atom. The van der Waals surface area contributed by atoms with Crippen LogP contribution in [0.4, 0.5) is 0 Å². The number of hydrogen-bond donors (Lipinski definition) is 0. The molecule has 0 aliphatic carbocycles. The Bertz CT molecular complexity index is 1140. The predicted octanol–water partition coefficient (Wildman–Crippen LogP) is 6.91. The van der Waals surface area contributed by atoms with Crippen LogP contribution in [0.3, 0.4) is 0 Å². The molecule has 8 heteroatoms. The van der Waals surface area contributed by atoms with Crippen molar-refractivity contribution in [2.45, 2.75) is 17.8 Å². The number of benzene rings is 2. The van der Waals surface area contributed by atoms with Crippen LogP contribution in [0.1, 0.15) is 11.1 Å². The first-order valence-corrected chi connectivity index (χ1v) is 11.4. The average molecular weight is 462 g/mol. The molecule has 0 spiro atoms. The van der Waals surface area contributed by atoms with Gasteiger partial charge < -0.3 is 4.74 Å². The maximum absolute atomic E-state index is 6.35. The molecule has 4 rings (SSSR count). The van der Waals surface area contributed by atoms with Crippen LogP contribution in [0.2, 0.25) is 10.0 Å². The van der Waals surface area contributed by atoms with Crippen LogP contribution in [-0.2, 0) is 5.75 Å². The third-order valence-electron chi connectivity index (χ3n) is 4.32. The van der Waals surface area contributed by atoms with E-state index in [1.807, 2.05) is 46.3 Å². The van der Waals surface area contributed by atoms with Crippen molar-refractivity contribution in [3.05, 3.63) is 75.1 Å². The maximum atomic E-state index is 6.35. The quantitative estimate of drug-likeness (QED) is 0.292. The summed E-state index contributed by atoms with van der Waals surface area (Å²) in [6.45, 7) is 2.05.